The third kappa shape index (κ3) is 2.54. The van der Waals surface area contributed by atoms with Crippen LogP contribution in [0, 0.1) is 26.2 Å². The molecule has 1 aromatic rings. The van der Waals surface area contributed by atoms with Gasteiger partial charge in [0, 0.05) is 5.69 Å². The lowest BCUT2D eigenvalue weighted by Gasteiger charge is -2.11. The van der Waals surface area contributed by atoms with Crippen molar-refractivity contribution in [3.05, 3.63) is 22.5 Å². The van der Waals surface area contributed by atoms with Crippen LogP contribution in [0.1, 0.15) is 45.4 Å². The number of rotatable bonds is 4. The maximum Gasteiger partial charge on any atom is 0.352 e. The molecule has 0 aliphatic carbocycles. The standard InChI is InChI=1S/C13H16N2O3/c1-5-9(6-2)15-12(16)10-7(3)11(13(17)18)14-8(10)4/h1,9,14H,6H2,2-4H3,(H,15,16)(H,17,18). The van der Waals surface area contributed by atoms with Crippen LogP contribution in [0.25, 0.3) is 0 Å². The first kappa shape index (κ1) is 13.8. The molecule has 5 heteroatoms. The number of aromatic amines is 1. The SMILES string of the molecule is C#CC(CC)NC(=O)c1c(C)[nH]c(C(=O)O)c1C. The minimum absolute atomic E-state index is 0.0337. The van der Waals surface area contributed by atoms with E-state index in [1.54, 1.807) is 13.8 Å². The first-order valence-electron chi connectivity index (χ1n) is 5.61. The summed E-state index contributed by atoms with van der Waals surface area (Å²) in [4.78, 5) is 25.7. The van der Waals surface area contributed by atoms with Crippen molar-refractivity contribution >= 4 is 11.9 Å². The first-order chi connectivity index (χ1) is 8.42. The summed E-state index contributed by atoms with van der Waals surface area (Å²) < 4.78 is 0. The molecule has 0 aliphatic heterocycles. The summed E-state index contributed by atoms with van der Waals surface area (Å²) in [6, 6.07) is -0.348. The van der Waals surface area contributed by atoms with Gasteiger partial charge in [0.25, 0.3) is 5.91 Å². The van der Waals surface area contributed by atoms with Crippen LogP contribution < -0.4 is 5.32 Å². The largest absolute Gasteiger partial charge is 0.477 e. The Hall–Kier alpha value is -2.22. The zero-order valence-electron chi connectivity index (χ0n) is 10.6. The van der Waals surface area contributed by atoms with E-state index in [9.17, 15) is 9.59 Å². The lowest BCUT2D eigenvalue weighted by atomic mass is 10.1. The van der Waals surface area contributed by atoms with Gasteiger partial charge in [0.1, 0.15) is 5.69 Å². The van der Waals surface area contributed by atoms with Crippen molar-refractivity contribution in [3.8, 4) is 12.3 Å². The van der Waals surface area contributed by atoms with Crippen molar-refractivity contribution < 1.29 is 14.7 Å². The van der Waals surface area contributed by atoms with Gasteiger partial charge in [-0.2, -0.15) is 0 Å². The smallest absolute Gasteiger partial charge is 0.352 e. The highest BCUT2D eigenvalue weighted by Gasteiger charge is 2.22. The van der Waals surface area contributed by atoms with E-state index in [0.29, 0.717) is 23.2 Å². The van der Waals surface area contributed by atoms with Crippen molar-refractivity contribution in [2.24, 2.45) is 0 Å². The molecular formula is C13H16N2O3. The highest BCUT2D eigenvalue weighted by atomic mass is 16.4. The van der Waals surface area contributed by atoms with Gasteiger partial charge in [0.05, 0.1) is 11.6 Å². The van der Waals surface area contributed by atoms with E-state index in [2.05, 4.69) is 16.2 Å². The lowest BCUT2D eigenvalue weighted by molar-refractivity contribution is 0.0690. The normalized spacial score (nSPS) is 11.7. The van der Waals surface area contributed by atoms with Crippen LogP contribution in [-0.4, -0.2) is 28.0 Å². The molecule has 1 rings (SSSR count). The number of hydrogen-bond donors (Lipinski definition) is 3. The van der Waals surface area contributed by atoms with Gasteiger partial charge in [-0.15, -0.1) is 6.42 Å². The first-order valence-corrected chi connectivity index (χ1v) is 5.61. The van der Waals surface area contributed by atoms with Crippen molar-refractivity contribution in [1.29, 1.82) is 0 Å². The summed E-state index contributed by atoms with van der Waals surface area (Å²) >= 11 is 0. The number of carbonyl (C=O) groups is 2. The Morgan fingerprint density at radius 2 is 2.11 bits per heavy atom. The number of aromatic nitrogens is 1. The quantitative estimate of drug-likeness (QED) is 0.706. The summed E-state index contributed by atoms with van der Waals surface area (Å²) in [5.74, 6) is 1.03. The molecule has 1 amide bonds. The average molecular weight is 248 g/mol. The number of carboxylic acids is 1. The fraction of sp³-hybridized carbons (Fsp3) is 0.385. The molecular weight excluding hydrogens is 232 g/mol. The molecule has 96 valence electrons. The minimum Gasteiger partial charge on any atom is -0.477 e. The van der Waals surface area contributed by atoms with E-state index in [1.165, 1.54) is 0 Å². The number of H-pyrrole nitrogens is 1. The van der Waals surface area contributed by atoms with Gasteiger partial charge in [-0.25, -0.2) is 4.79 Å². The number of aromatic carboxylic acids is 1. The fourth-order valence-electron chi connectivity index (χ4n) is 1.80. The molecule has 1 aromatic heterocycles. The highest BCUT2D eigenvalue weighted by molar-refractivity contribution is 6.01. The molecule has 0 radical (unpaired) electrons. The predicted molar refractivity (Wildman–Crippen MR) is 67.6 cm³/mol. The van der Waals surface area contributed by atoms with Crippen molar-refractivity contribution in [2.75, 3.05) is 0 Å². The van der Waals surface area contributed by atoms with Gasteiger partial charge in [-0.3, -0.25) is 4.79 Å². The molecule has 0 fully saturated rings. The molecule has 0 aliphatic rings. The number of amides is 1. The monoisotopic (exact) mass is 248 g/mol. The number of carbonyl (C=O) groups excluding carboxylic acids is 1. The molecule has 1 atom stereocenters. The van der Waals surface area contributed by atoms with Crippen molar-refractivity contribution in [1.82, 2.24) is 10.3 Å². The summed E-state index contributed by atoms with van der Waals surface area (Å²) in [7, 11) is 0. The Morgan fingerprint density at radius 3 is 2.50 bits per heavy atom. The van der Waals surface area contributed by atoms with Gasteiger partial charge in [0.2, 0.25) is 0 Å². The maximum atomic E-state index is 12.0. The average Bonchev–Trinajstić information content (AvgIpc) is 2.61. The van der Waals surface area contributed by atoms with Gasteiger partial charge in [-0.05, 0) is 25.8 Å². The molecule has 0 saturated heterocycles. The molecule has 0 saturated carbocycles. The zero-order chi connectivity index (χ0) is 13.9. The van der Waals surface area contributed by atoms with Crippen LogP contribution in [-0.2, 0) is 0 Å². The Morgan fingerprint density at radius 1 is 1.50 bits per heavy atom. The van der Waals surface area contributed by atoms with E-state index in [4.69, 9.17) is 11.5 Å². The number of hydrogen-bond acceptors (Lipinski definition) is 2. The van der Waals surface area contributed by atoms with Gasteiger partial charge >= 0.3 is 5.97 Å². The molecule has 0 aromatic carbocycles. The molecule has 0 spiro atoms. The highest BCUT2D eigenvalue weighted by Crippen LogP contribution is 2.18. The van der Waals surface area contributed by atoms with E-state index >= 15 is 0 Å². The van der Waals surface area contributed by atoms with Crippen LogP contribution in [0.5, 0.6) is 0 Å². The third-order valence-corrected chi connectivity index (χ3v) is 2.79. The summed E-state index contributed by atoms with van der Waals surface area (Å²) in [5, 5.41) is 11.6. The second-order valence-electron chi connectivity index (χ2n) is 4.03. The minimum atomic E-state index is -1.08. The van der Waals surface area contributed by atoms with Crippen LogP contribution in [0.3, 0.4) is 0 Å². The Bertz CT molecular complexity index is 523. The fourth-order valence-corrected chi connectivity index (χ4v) is 1.80. The molecule has 1 unspecified atom stereocenters. The van der Waals surface area contributed by atoms with Crippen LogP contribution >= 0.6 is 0 Å². The van der Waals surface area contributed by atoms with E-state index in [1.807, 2.05) is 6.92 Å². The van der Waals surface area contributed by atoms with Crippen LogP contribution in [0.15, 0.2) is 0 Å². The summed E-state index contributed by atoms with van der Waals surface area (Å²) in [5.41, 5.74) is 1.33. The summed E-state index contributed by atoms with van der Waals surface area (Å²) in [6.07, 6.45) is 5.89. The van der Waals surface area contributed by atoms with Crippen molar-refractivity contribution in [3.63, 3.8) is 0 Å². The molecule has 18 heavy (non-hydrogen) atoms. The zero-order valence-corrected chi connectivity index (χ0v) is 10.6. The Kier molecular flexibility index (Phi) is 4.16. The molecule has 5 nitrogen and oxygen atoms in total. The van der Waals surface area contributed by atoms with E-state index in [0.717, 1.165) is 0 Å². The summed E-state index contributed by atoms with van der Waals surface area (Å²) in [6.45, 7) is 5.12. The Balaban J connectivity index is 3.07. The van der Waals surface area contributed by atoms with E-state index < -0.39 is 5.97 Å². The van der Waals surface area contributed by atoms with Gasteiger partial charge in [0.15, 0.2) is 0 Å². The second kappa shape index (κ2) is 5.41. The maximum absolute atomic E-state index is 12.0. The molecule has 1 heterocycles. The van der Waals surface area contributed by atoms with Crippen LogP contribution in [0.2, 0.25) is 0 Å². The van der Waals surface area contributed by atoms with Crippen molar-refractivity contribution in [2.45, 2.75) is 33.2 Å². The van der Waals surface area contributed by atoms with Gasteiger partial charge in [-0.1, -0.05) is 12.8 Å². The van der Waals surface area contributed by atoms with Crippen LogP contribution in [0.4, 0.5) is 0 Å². The number of terminal acetylenes is 1. The van der Waals surface area contributed by atoms with Gasteiger partial charge < -0.3 is 15.4 Å². The lowest BCUT2D eigenvalue weighted by Crippen LogP contribution is -2.33. The molecule has 0 bridgehead atoms. The third-order valence-electron chi connectivity index (χ3n) is 2.79. The predicted octanol–water partition coefficient (Wildman–Crippen LogP) is 1.47. The molecule has 3 N–H and O–H groups in total. The second-order valence-corrected chi connectivity index (χ2v) is 4.03. The Labute approximate surface area is 106 Å². The number of carboxylic acid groups (broad SMARTS) is 1. The van der Waals surface area contributed by atoms with E-state index in [-0.39, 0.29) is 17.6 Å². The number of nitrogens with one attached hydrogen (secondary N) is 2. The number of aryl methyl sites for hydroxylation is 1. The topological polar surface area (TPSA) is 82.2 Å².